The van der Waals surface area contributed by atoms with Crippen LogP contribution in [0.4, 0.5) is 0 Å². The van der Waals surface area contributed by atoms with Gasteiger partial charge in [0.2, 0.25) is 0 Å². The summed E-state index contributed by atoms with van der Waals surface area (Å²) in [7, 11) is 2.07. The third-order valence-corrected chi connectivity index (χ3v) is 3.05. The fourth-order valence-corrected chi connectivity index (χ4v) is 1.95. The normalized spacial score (nSPS) is 17.9. The van der Waals surface area contributed by atoms with Gasteiger partial charge in [0, 0.05) is 19.6 Å². The lowest BCUT2D eigenvalue weighted by Crippen LogP contribution is -2.35. The summed E-state index contributed by atoms with van der Waals surface area (Å²) < 4.78 is 6.95. The number of carbonyl (C=O) groups is 1. The van der Waals surface area contributed by atoms with Crippen molar-refractivity contribution in [3.8, 4) is 0 Å². The molecular formula is C11H19N5O2. The van der Waals surface area contributed by atoms with Gasteiger partial charge >= 0.3 is 5.97 Å². The number of ether oxygens (including phenoxy) is 1. The summed E-state index contributed by atoms with van der Waals surface area (Å²) >= 11 is 0. The van der Waals surface area contributed by atoms with Crippen molar-refractivity contribution in [3.05, 3.63) is 11.9 Å². The Kier molecular flexibility index (Phi) is 4.27. The van der Waals surface area contributed by atoms with Crippen LogP contribution in [0.3, 0.4) is 0 Å². The van der Waals surface area contributed by atoms with E-state index in [4.69, 9.17) is 10.5 Å². The Morgan fingerprint density at radius 2 is 2.28 bits per heavy atom. The number of hydrogen-bond donors (Lipinski definition) is 1. The lowest BCUT2D eigenvalue weighted by atomic mass is 10.1. The quantitative estimate of drug-likeness (QED) is 0.727. The largest absolute Gasteiger partial charge is 0.457 e. The number of carbonyl (C=O) groups excluding carboxylic acids is 1. The Bertz CT molecular complexity index is 398. The van der Waals surface area contributed by atoms with Crippen LogP contribution in [-0.2, 0) is 11.3 Å². The van der Waals surface area contributed by atoms with Crippen molar-refractivity contribution >= 4 is 5.97 Å². The van der Waals surface area contributed by atoms with Crippen LogP contribution in [0.25, 0.3) is 0 Å². The summed E-state index contributed by atoms with van der Waals surface area (Å²) in [6.45, 7) is 2.93. The van der Waals surface area contributed by atoms with Crippen molar-refractivity contribution in [3.63, 3.8) is 0 Å². The predicted molar refractivity (Wildman–Crippen MR) is 65.0 cm³/mol. The van der Waals surface area contributed by atoms with Crippen LogP contribution in [0.5, 0.6) is 0 Å². The zero-order chi connectivity index (χ0) is 13.0. The zero-order valence-electron chi connectivity index (χ0n) is 10.6. The van der Waals surface area contributed by atoms with Crippen molar-refractivity contribution in [2.24, 2.45) is 5.73 Å². The molecule has 0 saturated carbocycles. The highest BCUT2D eigenvalue weighted by Crippen LogP contribution is 2.13. The summed E-state index contributed by atoms with van der Waals surface area (Å²) in [5, 5.41) is 7.60. The first-order valence-corrected chi connectivity index (χ1v) is 6.19. The molecular weight excluding hydrogens is 234 g/mol. The molecule has 2 heterocycles. The summed E-state index contributed by atoms with van der Waals surface area (Å²) in [4.78, 5) is 14.1. The van der Waals surface area contributed by atoms with E-state index in [0.29, 0.717) is 13.1 Å². The number of piperidine rings is 1. The molecule has 18 heavy (non-hydrogen) atoms. The van der Waals surface area contributed by atoms with Gasteiger partial charge in [0.25, 0.3) is 0 Å². The number of nitrogens with zero attached hydrogens (tertiary/aromatic N) is 4. The maximum absolute atomic E-state index is 11.8. The number of rotatable bonds is 4. The highest BCUT2D eigenvalue weighted by Gasteiger charge is 2.22. The Labute approximate surface area is 106 Å². The Morgan fingerprint density at radius 1 is 1.56 bits per heavy atom. The highest BCUT2D eigenvalue weighted by atomic mass is 16.5. The van der Waals surface area contributed by atoms with Gasteiger partial charge < -0.3 is 15.4 Å². The number of nitrogens with two attached hydrogens (primary N) is 1. The van der Waals surface area contributed by atoms with E-state index in [9.17, 15) is 4.79 Å². The molecule has 0 radical (unpaired) electrons. The van der Waals surface area contributed by atoms with Crippen LogP contribution in [0.15, 0.2) is 6.20 Å². The second-order valence-corrected chi connectivity index (χ2v) is 4.56. The van der Waals surface area contributed by atoms with Crippen LogP contribution in [0, 0.1) is 0 Å². The monoisotopic (exact) mass is 253 g/mol. The number of aromatic nitrogens is 3. The average molecular weight is 253 g/mol. The summed E-state index contributed by atoms with van der Waals surface area (Å²) in [5.41, 5.74) is 5.65. The molecule has 0 spiro atoms. The summed E-state index contributed by atoms with van der Waals surface area (Å²) in [5.74, 6) is -0.396. The van der Waals surface area contributed by atoms with E-state index in [0.717, 1.165) is 25.9 Å². The molecule has 1 aromatic heterocycles. The number of esters is 1. The number of hydrogen-bond acceptors (Lipinski definition) is 6. The molecule has 2 rings (SSSR count). The minimum Gasteiger partial charge on any atom is -0.457 e. The van der Waals surface area contributed by atoms with E-state index < -0.39 is 5.97 Å². The first-order valence-electron chi connectivity index (χ1n) is 6.19. The van der Waals surface area contributed by atoms with Gasteiger partial charge in [0.15, 0.2) is 5.69 Å². The van der Waals surface area contributed by atoms with Crippen LogP contribution in [0.1, 0.15) is 23.3 Å². The molecule has 7 nitrogen and oxygen atoms in total. The lowest BCUT2D eigenvalue weighted by Gasteiger charge is -2.28. The van der Waals surface area contributed by atoms with Crippen molar-refractivity contribution < 1.29 is 9.53 Å². The van der Waals surface area contributed by atoms with E-state index in [2.05, 4.69) is 22.3 Å². The predicted octanol–water partition coefficient (Wildman–Crippen LogP) is -0.512. The molecule has 0 atom stereocenters. The highest BCUT2D eigenvalue weighted by molar-refractivity contribution is 5.86. The van der Waals surface area contributed by atoms with Crippen LogP contribution in [-0.4, -0.2) is 58.6 Å². The van der Waals surface area contributed by atoms with Gasteiger partial charge in [-0.25, -0.2) is 4.79 Å². The van der Waals surface area contributed by atoms with Crippen LogP contribution < -0.4 is 5.73 Å². The minimum atomic E-state index is -0.396. The van der Waals surface area contributed by atoms with Gasteiger partial charge in [-0.1, -0.05) is 5.21 Å². The average Bonchev–Trinajstić information content (AvgIpc) is 2.81. The molecule has 1 aliphatic rings. The SMILES string of the molecule is CN1CCC(OC(=O)c2cn(CCN)nn2)CC1. The van der Waals surface area contributed by atoms with E-state index >= 15 is 0 Å². The Balaban J connectivity index is 1.86. The minimum absolute atomic E-state index is 0.00615. The number of likely N-dealkylation sites (tertiary alicyclic amines) is 1. The maximum Gasteiger partial charge on any atom is 0.360 e. The van der Waals surface area contributed by atoms with Gasteiger partial charge in [-0.15, -0.1) is 5.10 Å². The molecule has 7 heteroatoms. The van der Waals surface area contributed by atoms with Crippen molar-refractivity contribution in [2.75, 3.05) is 26.7 Å². The van der Waals surface area contributed by atoms with E-state index in [1.54, 1.807) is 10.9 Å². The molecule has 0 aromatic carbocycles. The maximum atomic E-state index is 11.8. The molecule has 0 unspecified atom stereocenters. The molecule has 1 aromatic rings. The molecule has 0 aliphatic carbocycles. The third-order valence-electron chi connectivity index (χ3n) is 3.05. The van der Waals surface area contributed by atoms with Crippen molar-refractivity contribution in [2.45, 2.75) is 25.5 Å². The molecule has 0 amide bonds. The van der Waals surface area contributed by atoms with E-state index in [1.807, 2.05) is 0 Å². The van der Waals surface area contributed by atoms with Crippen molar-refractivity contribution in [1.82, 2.24) is 19.9 Å². The fraction of sp³-hybridized carbons (Fsp3) is 0.727. The second kappa shape index (κ2) is 5.92. The zero-order valence-corrected chi connectivity index (χ0v) is 10.6. The summed E-state index contributed by atoms with van der Waals surface area (Å²) in [6, 6.07) is 0. The Morgan fingerprint density at radius 3 is 2.94 bits per heavy atom. The van der Waals surface area contributed by atoms with Gasteiger partial charge in [-0.05, 0) is 19.9 Å². The van der Waals surface area contributed by atoms with Crippen LogP contribution >= 0.6 is 0 Å². The second-order valence-electron chi connectivity index (χ2n) is 4.56. The first-order chi connectivity index (χ1) is 8.69. The molecule has 0 bridgehead atoms. The third kappa shape index (κ3) is 3.27. The Hall–Kier alpha value is -1.47. The molecule has 2 N–H and O–H groups in total. The molecule has 1 fully saturated rings. The smallest absolute Gasteiger partial charge is 0.360 e. The first kappa shape index (κ1) is 13.0. The van der Waals surface area contributed by atoms with Gasteiger partial charge in [0.05, 0.1) is 12.7 Å². The standard InChI is InChI=1S/C11H19N5O2/c1-15-5-2-9(3-6-15)18-11(17)10-8-16(7-4-12)14-13-10/h8-9H,2-7,12H2,1H3. The van der Waals surface area contributed by atoms with Crippen molar-refractivity contribution in [1.29, 1.82) is 0 Å². The van der Waals surface area contributed by atoms with Gasteiger partial charge in [-0.2, -0.15) is 0 Å². The van der Waals surface area contributed by atoms with E-state index in [-0.39, 0.29) is 11.8 Å². The fourth-order valence-electron chi connectivity index (χ4n) is 1.95. The van der Waals surface area contributed by atoms with Crippen LogP contribution in [0.2, 0.25) is 0 Å². The topological polar surface area (TPSA) is 86.3 Å². The molecule has 1 saturated heterocycles. The van der Waals surface area contributed by atoms with E-state index in [1.165, 1.54) is 0 Å². The summed E-state index contributed by atoms with van der Waals surface area (Å²) in [6.07, 6.45) is 3.32. The van der Waals surface area contributed by atoms with Gasteiger partial charge in [0.1, 0.15) is 6.10 Å². The lowest BCUT2D eigenvalue weighted by molar-refractivity contribution is 0.0133. The van der Waals surface area contributed by atoms with Gasteiger partial charge in [-0.3, -0.25) is 4.68 Å². The molecule has 100 valence electrons. The molecule has 1 aliphatic heterocycles.